The van der Waals surface area contributed by atoms with E-state index in [9.17, 15) is 9.18 Å². The van der Waals surface area contributed by atoms with Crippen LogP contribution in [-0.2, 0) is 11.3 Å². The largest absolute Gasteiger partial charge is 0.357 e. The number of carbonyl (C=O) groups is 1. The van der Waals surface area contributed by atoms with Gasteiger partial charge in [-0.05, 0) is 55.4 Å². The third-order valence-corrected chi connectivity index (χ3v) is 6.58. The van der Waals surface area contributed by atoms with Gasteiger partial charge in [0.2, 0.25) is 23.8 Å². The summed E-state index contributed by atoms with van der Waals surface area (Å²) in [5.41, 5.74) is 2.06. The molecule has 2 aromatic carbocycles. The average Bonchev–Trinajstić information content (AvgIpc) is 2.92. The molecule has 0 aliphatic heterocycles. The maximum Gasteiger partial charge on any atom is 0.229 e. The van der Waals surface area contributed by atoms with Crippen LogP contribution in [0.5, 0.6) is 0 Å². The first-order chi connectivity index (χ1) is 17.5. The molecule has 1 heterocycles. The summed E-state index contributed by atoms with van der Waals surface area (Å²) in [6.45, 7) is 2.53. The highest BCUT2D eigenvalue weighted by Gasteiger charge is 2.27. The highest BCUT2D eigenvalue weighted by Crippen LogP contribution is 2.27. The molecule has 3 aromatic rings. The summed E-state index contributed by atoms with van der Waals surface area (Å²) >= 11 is 0. The van der Waals surface area contributed by atoms with Crippen LogP contribution in [0.25, 0.3) is 0 Å². The molecule has 0 spiro atoms. The minimum absolute atomic E-state index is 0.0249. The lowest BCUT2D eigenvalue weighted by molar-refractivity contribution is -0.126. The molecule has 4 N–H and O–H groups in total. The van der Waals surface area contributed by atoms with E-state index in [-0.39, 0.29) is 29.7 Å². The van der Waals surface area contributed by atoms with Crippen molar-refractivity contribution in [3.8, 4) is 0 Å². The Labute approximate surface area is 211 Å². The predicted molar refractivity (Wildman–Crippen MR) is 140 cm³/mol. The number of hydrogen-bond donors (Lipinski definition) is 4. The third kappa shape index (κ3) is 6.90. The Morgan fingerprint density at radius 1 is 0.944 bits per heavy atom. The van der Waals surface area contributed by atoms with Crippen LogP contribution in [0.15, 0.2) is 54.6 Å². The number of nitrogens with zero attached hydrogens (tertiary/aromatic N) is 3. The van der Waals surface area contributed by atoms with E-state index in [1.165, 1.54) is 17.7 Å². The number of amides is 1. The lowest BCUT2D eigenvalue weighted by atomic mass is 9.85. The average molecular weight is 492 g/mol. The van der Waals surface area contributed by atoms with Crippen LogP contribution in [0.1, 0.15) is 56.2 Å². The molecule has 0 radical (unpaired) electrons. The van der Waals surface area contributed by atoms with Crippen molar-refractivity contribution in [3.05, 3.63) is 71.5 Å². The third-order valence-electron chi connectivity index (χ3n) is 6.58. The highest BCUT2D eigenvalue weighted by molar-refractivity contribution is 5.78. The minimum Gasteiger partial charge on any atom is -0.357 e. The quantitative estimate of drug-likeness (QED) is 0.320. The van der Waals surface area contributed by atoms with E-state index in [4.69, 9.17) is 0 Å². The van der Waals surface area contributed by atoms with Crippen molar-refractivity contribution >= 4 is 23.8 Å². The number of carbonyl (C=O) groups excluding carboxylic acids is 1. The van der Waals surface area contributed by atoms with Crippen molar-refractivity contribution in [1.29, 1.82) is 0 Å². The summed E-state index contributed by atoms with van der Waals surface area (Å²) in [7, 11) is 1.78. The van der Waals surface area contributed by atoms with Crippen LogP contribution in [-0.4, -0.2) is 33.9 Å². The summed E-state index contributed by atoms with van der Waals surface area (Å²) in [6, 6.07) is 16.7. The topological polar surface area (TPSA) is 104 Å². The lowest BCUT2D eigenvalue weighted by Crippen LogP contribution is -2.36. The van der Waals surface area contributed by atoms with Crippen molar-refractivity contribution in [1.82, 2.24) is 20.3 Å². The number of rotatable bonds is 10. The predicted octanol–water partition coefficient (Wildman–Crippen LogP) is 4.90. The Morgan fingerprint density at radius 2 is 1.61 bits per heavy atom. The molecule has 36 heavy (non-hydrogen) atoms. The molecule has 1 saturated carbocycles. The van der Waals surface area contributed by atoms with E-state index >= 15 is 0 Å². The number of hydrogen-bond acceptors (Lipinski definition) is 7. The van der Waals surface area contributed by atoms with Crippen molar-refractivity contribution in [2.24, 2.45) is 5.92 Å². The molecule has 1 aliphatic rings. The van der Waals surface area contributed by atoms with Gasteiger partial charge >= 0.3 is 0 Å². The van der Waals surface area contributed by atoms with Crippen LogP contribution in [0.3, 0.4) is 0 Å². The maximum absolute atomic E-state index is 13.1. The number of benzene rings is 2. The summed E-state index contributed by atoms with van der Waals surface area (Å²) in [4.78, 5) is 26.2. The summed E-state index contributed by atoms with van der Waals surface area (Å²) < 4.78 is 13.1. The van der Waals surface area contributed by atoms with Gasteiger partial charge in [-0.1, -0.05) is 49.4 Å². The molecule has 1 fully saturated rings. The molecule has 8 nitrogen and oxygen atoms in total. The zero-order chi connectivity index (χ0) is 25.3. The van der Waals surface area contributed by atoms with Gasteiger partial charge in [0.25, 0.3) is 0 Å². The van der Waals surface area contributed by atoms with E-state index in [1.807, 2.05) is 18.2 Å². The van der Waals surface area contributed by atoms with Crippen LogP contribution in [0.4, 0.5) is 22.2 Å². The Hall–Kier alpha value is -3.75. The number of halogens is 1. The smallest absolute Gasteiger partial charge is 0.229 e. The zero-order valence-corrected chi connectivity index (χ0v) is 20.8. The Bertz CT molecular complexity index is 1120. The number of aromatic nitrogens is 3. The molecule has 190 valence electrons. The standard InChI is InChI=1S/C27H34FN7O/c1-3-23(19-7-5-4-6-8-19)32-27-34-25(29-2)33-26(35-27)31-22-15-11-20(12-16-22)24(36)30-17-18-9-13-21(28)14-10-18/h4-10,13-14,20,22-23H,3,11-12,15-17H2,1-2H3,(H,30,36)(H3,29,31,32,33,34,35)/t20?,22?,23-/m1/s1. The summed E-state index contributed by atoms with van der Waals surface area (Å²) in [5, 5.41) is 12.9. The summed E-state index contributed by atoms with van der Waals surface area (Å²) in [5.74, 6) is 1.27. The Balaban J connectivity index is 1.31. The second-order valence-corrected chi connectivity index (χ2v) is 9.11. The van der Waals surface area contributed by atoms with E-state index in [0.717, 1.165) is 37.7 Å². The van der Waals surface area contributed by atoms with Crippen LogP contribution in [0, 0.1) is 11.7 Å². The molecular weight excluding hydrogens is 457 g/mol. The molecular formula is C27H34FN7O. The van der Waals surface area contributed by atoms with Gasteiger partial charge in [-0.3, -0.25) is 4.79 Å². The SMILES string of the molecule is CC[C@@H](Nc1nc(NC)nc(NC2CCC(C(=O)NCc3ccc(F)cc3)CC2)n1)c1ccccc1. The molecule has 1 aliphatic carbocycles. The molecule has 1 amide bonds. The lowest BCUT2D eigenvalue weighted by Gasteiger charge is -2.28. The molecule has 0 unspecified atom stereocenters. The minimum atomic E-state index is -0.278. The van der Waals surface area contributed by atoms with Crippen LogP contribution >= 0.6 is 0 Å². The van der Waals surface area contributed by atoms with Gasteiger partial charge in [-0.15, -0.1) is 0 Å². The van der Waals surface area contributed by atoms with E-state index in [2.05, 4.69) is 55.3 Å². The fourth-order valence-electron chi connectivity index (χ4n) is 4.50. The maximum atomic E-state index is 13.1. The summed E-state index contributed by atoms with van der Waals surface area (Å²) in [6.07, 6.45) is 4.15. The molecule has 9 heteroatoms. The monoisotopic (exact) mass is 491 g/mol. The van der Waals surface area contributed by atoms with E-state index < -0.39 is 0 Å². The fourth-order valence-corrected chi connectivity index (χ4v) is 4.50. The van der Waals surface area contributed by atoms with Crippen molar-refractivity contribution in [2.45, 2.75) is 57.7 Å². The first kappa shape index (κ1) is 25.3. The van der Waals surface area contributed by atoms with Gasteiger partial charge in [0.15, 0.2) is 0 Å². The Kier molecular flexibility index (Phi) is 8.65. The number of anilines is 3. The molecule has 0 bridgehead atoms. The van der Waals surface area contributed by atoms with Crippen LogP contribution in [0.2, 0.25) is 0 Å². The highest BCUT2D eigenvalue weighted by atomic mass is 19.1. The van der Waals surface area contributed by atoms with Gasteiger partial charge in [-0.2, -0.15) is 15.0 Å². The van der Waals surface area contributed by atoms with Gasteiger partial charge in [-0.25, -0.2) is 4.39 Å². The van der Waals surface area contributed by atoms with Crippen molar-refractivity contribution in [3.63, 3.8) is 0 Å². The first-order valence-electron chi connectivity index (χ1n) is 12.6. The van der Waals surface area contributed by atoms with Gasteiger partial charge in [0.05, 0.1) is 6.04 Å². The number of nitrogens with one attached hydrogen (secondary N) is 4. The van der Waals surface area contributed by atoms with Crippen molar-refractivity contribution in [2.75, 3.05) is 23.0 Å². The second-order valence-electron chi connectivity index (χ2n) is 9.11. The van der Waals surface area contributed by atoms with E-state index in [1.54, 1.807) is 19.2 Å². The van der Waals surface area contributed by atoms with Gasteiger partial charge in [0, 0.05) is 25.6 Å². The normalized spacial score (nSPS) is 18.2. The van der Waals surface area contributed by atoms with Crippen molar-refractivity contribution < 1.29 is 9.18 Å². The second kappa shape index (κ2) is 12.3. The first-order valence-corrected chi connectivity index (χ1v) is 12.6. The van der Waals surface area contributed by atoms with Crippen LogP contribution < -0.4 is 21.3 Å². The molecule has 1 atom stereocenters. The molecule has 4 rings (SSSR count). The zero-order valence-electron chi connectivity index (χ0n) is 20.8. The molecule has 0 saturated heterocycles. The molecule has 1 aromatic heterocycles. The van der Waals surface area contributed by atoms with E-state index in [0.29, 0.717) is 24.4 Å². The van der Waals surface area contributed by atoms with Gasteiger partial charge in [0.1, 0.15) is 5.82 Å². The van der Waals surface area contributed by atoms with Gasteiger partial charge < -0.3 is 21.3 Å². The Morgan fingerprint density at radius 3 is 2.28 bits per heavy atom. The fraction of sp³-hybridized carbons (Fsp3) is 0.407.